The van der Waals surface area contributed by atoms with Crippen molar-refractivity contribution in [3.63, 3.8) is 0 Å². The Morgan fingerprint density at radius 3 is 2.79 bits per heavy atom. The minimum absolute atomic E-state index is 0.276. The maximum atomic E-state index is 4.39. The van der Waals surface area contributed by atoms with E-state index in [0.29, 0.717) is 0 Å². The molecule has 0 amide bonds. The van der Waals surface area contributed by atoms with Crippen LogP contribution in [0.3, 0.4) is 0 Å². The molecule has 1 aromatic carbocycles. The van der Waals surface area contributed by atoms with Crippen molar-refractivity contribution < 1.29 is 0 Å². The van der Waals surface area contributed by atoms with E-state index >= 15 is 0 Å². The van der Waals surface area contributed by atoms with Crippen LogP contribution >= 0.6 is 11.3 Å². The van der Waals surface area contributed by atoms with E-state index < -0.39 is 0 Å². The Morgan fingerprint density at radius 1 is 1.32 bits per heavy atom. The fourth-order valence-corrected chi connectivity index (χ4v) is 3.06. The molecule has 2 rings (SSSR count). The first-order valence-corrected chi connectivity index (χ1v) is 7.80. The predicted molar refractivity (Wildman–Crippen MR) is 82.8 cm³/mol. The van der Waals surface area contributed by atoms with E-state index in [1.54, 1.807) is 11.3 Å². The topological polar surface area (TPSA) is 24.9 Å². The van der Waals surface area contributed by atoms with Gasteiger partial charge in [0.25, 0.3) is 0 Å². The van der Waals surface area contributed by atoms with E-state index in [4.69, 9.17) is 0 Å². The normalized spacial score (nSPS) is 12.6. The fourth-order valence-electron chi connectivity index (χ4n) is 2.18. The molecule has 102 valence electrons. The molecule has 1 aromatic heterocycles. The Kier molecular flexibility index (Phi) is 5.11. The van der Waals surface area contributed by atoms with Crippen molar-refractivity contribution in [2.75, 3.05) is 6.54 Å². The molecule has 0 aliphatic carbocycles. The van der Waals surface area contributed by atoms with Gasteiger partial charge in [0.05, 0.1) is 11.0 Å². The summed E-state index contributed by atoms with van der Waals surface area (Å²) >= 11 is 1.78. The van der Waals surface area contributed by atoms with Gasteiger partial charge in [-0.05, 0) is 37.4 Å². The second kappa shape index (κ2) is 6.83. The first kappa shape index (κ1) is 14.2. The molecule has 0 saturated heterocycles. The van der Waals surface area contributed by atoms with Crippen molar-refractivity contribution >= 4 is 11.3 Å². The van der Waals surface area contributed by atoms with Crippen molar-refractivity contribution in [1.29, 1.82) is 0 Å². The van der Waals surface area contributed by atoms with Gasteiger partial charge in [0, 0.05) is 11.1 Å². The molecule has 2 nitrogen and oxygen atoms in total. The summed E-state index contributed by atoms with van der Waals surface area (Å²) in [5, 5.41) is 4.77. The molecule has 0 fully saturated rings. The molecule has 0 aliphatic heterocycles. The average molecular weight is 274 g/mol. The molecule has 2 aromatic rings. The van der Waals surface area contributed by atoms with Crippen LogP contribution in [0.4, 0.5) is 0 Å². The Labute approximate surface area is 119 Å². The van der Waals surface area contributed by atoms with Crippen LogP contribution in [0.15, 0.2) is 30.5 Å². The number of thiazole rings is 1. The van der Waals surface area contributed by atoms with Crippen LogP contribution in [-0.4, -0.2) is 11.5 Å². The fraction of sp³-hybridized carbons (Fsp3) is 0.438. The summed E-state index contributed by atoms with van der Waals surface area (Å²) in [6.45, 7) is 7.49. The van der Waals surface area contributed by atoms with Crippen LogP contribution in [0.5, 0.6) is 0 Å². The van der Waals surface area contributed by atoms with E-state index in [1.165, 1.54) is 16.0 Å². The number of aromatic nitrogens is 1. The van der Waals surface area contributed by atoms with E-state index in [1.807, 2.05) is 6.20 Å². The zero-order valence-electron chi connectivity index (χ0n) is 11.9. The highest BCUT2D eigenvalue weighted by molar-refractivity contribution is 7.11. The maximum Gasteiger partial charge on any atom is 0.0897 e. The molecule has 1 N–H and O–H groups in total. The summed E-state index contributed by atoms with van der Waals surface area (Å²) in [5.41, 5.74) is 2.73. The van der Waals surface area contributed by atoms with E-state index in [-0.39, 0.29) is 6.04 Å². The Balaban J connectivity index is 2.30. The monoisotopic (exact) mass is 274 g/mol. The largest absolute Gasteiger partial charge is 0.306 e. The number of hydrogen-bond acceptors (Lipinski definition) is 3. The first-order chi connectivity index (χ1) is 9.24. The maximum absolute atomic E-state index is 4.39. The average Bonchev–Trinajstić information content (AvgIpc) is 2.86. The predicted octanol–water partition coefficient (Wildman–Crippen LogP) is 4.10. The van der Waals surface area contributed by atoms with E-state index in [9.17, 15) is 0 Å². The van der Waals surface area contributed by atoms with E-state index in [2.05, 4.69) is 55.3 Å². The molecule has 1 unspecified atom stereocenters. The molecule has 1 atom stereocenters. The number of nitrogens with zero attached hydrogens (tertiary/aromatic N) is 1. The molecule has 3 heteroatoms. The molecule has 1 heterocycles. The van der Waals surface area contributed by atoms with Crippen molar-refractivity contribution in [2.45, 2.75) is 39.7 Å². The molecule has 0 spiro atoms. The third-order valence-electron chi connectivity index (χ3n) is 3.21. The minimum Gasteiger partial charge on any atom is -0.306 e. The summed E-state index contributed by atoms with van der Waals surface area (Å²) in [7, 11) is 0. The van der Waals surface area contributed by atoms with Gasteiger partial charge in [-0.1, -0.05) is 38.1 Å². The highest BCUT2D eigenvalue weighted by Gasteiger charge is 2.15. The van der Waals surface area contributed by atoms with Crippen LogP contribution in [0.1, 0.15) is 47.3 Å². The van der Waals surface area contributed by atoms with Crippen LogP contribution in [0, 0.1) is 6.92 Å². The third-order valence-corrected chi connectivity index (χ3v) is 4.19. The Hall–Kier alpha value is -1.19. The zero-order chi connectivity index (χ0) is 13.7. The summed E-state index contributed by atoms with van der Waals surface area (Å²) in [5.74, 6) is 0. The van der Waals surface area contributed by atoms with Gasteiger partial charge >= 0.3 is 0 Å². The second-order valence-electron chi connectivity index (χ2n) is 4.77. The van der Waals surface area contributed by atoms with Crippen molar-refractivity contribution in [3.05, 3.63) is 51.5 Å². The number of nitrogens with one attached hydrogen (secondary N) is 1. The molecular weight excluding hydrogens is 252 g/mol. The Bertz CT molecular complexity index is 519. The lowest BCUT2D eigenvalue weighted by Crippen LogP contribution is -2.22. The van der Waals surface area contributed by atoms with Crippen LogP contribution < -0.4 is 5.32 Å². The zero-order valence-corrected chi connectivity index (χ0v) is 12.8. The molecule has 0 bridgehead atoms. The van der Waals surface area contributed by atoms with Gasteiger partial charge in [-0.15, -0.1) is 11.3 Å². The number of rotatable bonds is 6. The Morgan fingerprint density at radius 2 is 2.16 bits per heavy atom. The van der Waals surface area contributed by atoms with Gasteiger partial charge in [-0.3, -0.25) is 0 Å². The summed E-state index contributed by atoms with van der Waals surface area (Å²) < 4.78 is 0. The number of benzene rings is 1. The standard InChI is InChI=1S/C16H22N2S/c1-4-9-17-16(15-11-18-12(3)19-15)14-8-6-7-13(5-2)10-14/h6-8,10-11,16-17H,4-5,9H2,1-3H3. The van der Waals surface area contributed by atoms with Gasteiger partial charge in [0.1, 0.15) is 0 Å². The number of hydrogen-bond donors (Lipinski definition) is 1. The summed E-state index contributed by atoms with van der Waals surface area (Å²) in [4.78, 5) is 5.70. The van der Waals surface area contributed by atoms with Crippen molar-refractivity contribution in [2.24, 2.45) is 0 Å². The lowest BCUT2D eigenvalue weighted by atomic mass is 10.0. The molecule has 19 heavy (non-hydrogen) atoms. The van der Waals surface area contributed by atoms with Crippen LogP contribution in [-0.2, 0) is 6.42 Å². The smallest absolute Gasteiger partial charge is 0.0897 e. The molecule has 0 aliphatic rings. The van der Waals surface area contributed by atoms with Gasteiger partial charge in [-0.2, -0.15) is 0 Å². The number of aryl methyl sites for hydroxylation is 2. The highest BCUT2D eigenvalue weighted by atomic mass is 32.1. The van der Waals surface area contributed by atoms with Crippen LogP contribution in [0.25, 0.3) is 0 Å². The van der Waals surface area contributed by atoms with Crippen molar-refractivity contribution in [3.8, 4) is 0 Å². The lowest BCUT2D eigenvalue weighted by molar-refractivity contribution is 0.604. The van der Waals surface area contributed by atoms with E-state index in [0.717, 1.165) is 24.4 Å². The molecular formula is C16H22N2S. The lowest BCUT2D eigenvalue weighted by Gasteiger charge is -2.18. The summed E-state index contributed by atoms with van der Waals surface area (Å²) in [6, 6.07) is 9.14. The van der Waals surface area contributed by atoms with Gasteiger partial charge in [0.2, 0.25) is 0 Å². The second-order valence-corrected chi connectivity index (χ2v) is 6.03. The molecule has 0 radical (unpaired) electrons. The van der Waals surface area contributed by atoms with Crippen molar-refractivity contribution in [1.82, 2.24) is 10.3 Å². The summed E-state index contributed by atoms with van der Waals surface area (Å²) in [6.07, 6.45) is 4.23. The molecule has 0 saturated carbocycles. The quantitative estimate of drug-likeness (QED) is 0.857. The SMILES string of the molecule is CCCNC(c1cccc(CC)c1)c1cnc(C)s1. The van der Waals surface area contributed by atoms with Gasteiger partial charge < -0.3 is 5.32 Å². The van der Waals surface area contributed by atoms with Crippen LogP contribution in [0.2, 0.25) is 0 Å². The third kappa shape index (κ3) is 3.64. The first-order valence-electron chi connectivity index (χ1n) is 6.99. The van der Waals surface area contributed by atoms with Gasteiger partial charge in [-0.25, -0.2) is 4.98 Å². The highest BCUT2D eigenvalue weighted by Crippen LogP contribution is 2.27. The van der Waals surface area contributed by atoms with Gasteiger partial charge in [0.15, 0.2) is 0 Å². The minimum atomic E-state index is 0.276.